The van der Waals surface area contributed by atoms with Gasteiger partial charge in [0.2, 0.25) is 0 Å². The van der Waals surface area contributed by atoms with Gasteiger partial charge >= 0.3 is 0 Å². The second kappa shape index (κ2) is 7.90. The Hall–Kier alpha value is -2.73. The first-order chi connectivity index (χ1) is 12.2. The molecule has 0 fully saturated rings. The Morgan fingerprint density at radius 3 is 2.84 bits per heavy atom. The van der Waals surface area contributed by atoms with Crippen molar-refractivity contribution in [1.29, 1.82) is 0 Å². The number of aryl methyl sites for hydroxylation is 1. The third-order valence-electron chi connectivity index (χ3n) is 3.89. The van der Waals surface area contributed by atoms with E-state index in [1.54, 1.807) is 6.08 Å². The topological polar surface area (TPSA) is 66.9 Å². The van der Waals surface area contributed by atoms with Crippen LogP contribution < -0.4 is 10.6 Å². The minimum Gasteiger partial charge on any atom is -0.369 e. The van der Waals surface area contributed by atoms with Crippen molar-refractivity contribution >= 4 is 33.3 Å². The van der Waals surface area contributed by atoms with Crippen molar-refractivity contribution < 1.29 is 4.79 Å². The number of thiophene rings is 1. The van der Waals surface area contributed by atoms with E-state index in [0.717, 1.165) is 34.6 Å². The molecule has 0 atom stereocenters. The molecular formula is C19H20N4OS. The highest BCUT2D eigenvalue weighted by atomic mass is 32.1. The number of aromatic nitrogens is 2. The molecule has 3 rings (SSSR count). The molecule has 0 aliphatic heterocycles. The summed E-state index contributed by atoms with van der Waals surface area (Å²) in [5.74, 6) is 0.674. The van der Waals surface area contributed by atoms with E-state index in [9.17, 15) is 4.79 Å². The van der Waals surface area contributed by atoms with E-state index in [-0.39, 0.29) is 5.91 Å². The number of fused-ring (bicyclic) bond motifs is 1. The molecule has 0 saturated carbocycles. The number of carbonyl (C=O) groups excluding carboxylic acids is 1. The van der Waals surface area contributed by atoms with Crippen molar-refractivity contribution in [3.63, 3.8) is 0 Å². The van der Waals surface area contributed by atoms with Crippen LogP contribution in [-0.2, 0) is 6.42 Å². The van der Waals surface area contributed by atoms with E-state index in [1.807, 2.05) is 25.1 Å². The van der Waals surface area contributed by atoms with Gasteiger partial charge in [0.15, 0.2) is 0 Å². The first-order valence-electron chi connectivity index (χ1n) is 8.11. The van der Waals surface area contributed by atoms with Crippen LogP contribution in [0.25, 0.3) is 10.2 Å². The zero-order chi connectivity index (χ0) is 17.6. The van der Waals surface area contributed by atoms with Crippen molar-refractivity contribution in [2.24, 2.45) is 0 Å². The number of amides is 1. The zero-order valence-corrected chi connectivity index (χ0v) is 14.9. The summed E-state index contributed by atoms with van der Waals surface area (Å²) in [6.07, 6.45) is 4.10. The van der Waals surface area contributed by atoms with Gasteiger partial charge < -0.3 is 10.6 Å². The highest BCUT2D eigenvalue weighted by molar-refractivity contribution is 7.20. The first kappa shape index (κ1) is 17.1. The predicted molar refractivity (Wildman–Crippen MR) is 103 cm³/mol. The van der Waals surface area contributed by atoms with Crippen LogP contribution >= 0.6 is 11.3 Å². The minimum atomic E-state index is -0.101. The molecular weight excluding hydrogens is 332 g/mol. The van der Waals surface area contributed by atoms with E-state index in [4.69, 9.17) is 0 Å². The van der Waals surface area contributed by atoms with Crippen LogP contribution in [0.3, 0.4) is 0 Å². The van der Waals surface area contributed by atoms with E-state index in [2.05, 4.69) is 39.3 Å². The summed E-state index contributed by atoms with van der Waals surface area (Å²) in [6, 6.07) is 10.3. The molecule has 128 valence electrons. The fourth-order valence-corrected chi connectivity index (χ4v) is 3.70. The van der Waals surface area contributed by atoms with Crippen LogP contribution in [0.2, 0.25) is 0 Å². The Morgan fingerprint density at radius 1 is 1.28 bits per heavy atom. The van der Waals surface area contributed by atoms with E-state index < -0.39 is 0 Å². The molecule has 0 radical (unpaired) electrons. The van der Waals surface area contributed by atoms with Crippen molar-refractivity contribution in [2.45, 2.75) is 13.3 Å². The molecule has 0 aliphatic rings. The highest BCUT2D eigenvalue weighted by Gasteiger charge is 2.18. The number of benzene rings is 1. The molecule has 6 heteroatoms. The molecule has 1 amide bonds. The molecule has 2 heterocycles. The van der Waals surface area contributed by atoms with Gasteiger partial charge in [-0.15, -0.1) is 17.9 Å². The summed E-state index contributed by atoms with van der Waals surface area (Å²) in [5.41, 5.74) is 2.18. The molecule has 0 saturated heterocycles. The van der Waals surface area contributed by atoms with Crippen LogP contribution in [0, 0.1) is 6.92 Å². The first-order valence-corrected chi connectivity index (χ1v) is 8.93. The molecule has 1 aromatic carbocycles. The van der Waals surface area contributed by atoms with E-state index in [0.29, 0.717) is 11.4 Å². The Balaban J connectivity index is 1.80. The summed E-state index contributed by atoms with van der Waals surface area (Å²) in [7, 11) is 0. The van der Waals surface area contributed by atoms with Gasteiger partial charge in [-0.1, -0.05) is 36.4 Å². The smallest absolute Gasteiger partial charge is 0.261 e. The average Bonchev–Trinajstić information content (AvgIpc) is 2.98. The molecule has 5 nitrogen and oxygen atoms in total. The maximum atomic E-state index is 12.3. The Labute approximate surface area is 150 Å². The Bertz CT molecular complexity index is 889. The lowest BCUT2D eigenvalue weighted by Gasteiger charge is -2.07. The summed E-state index contributed by atoms with van der Waals surface area (Å²) < 4.78 is 0. The van der Waals surface area contributed by atoms with Crippen molar-refractivity contribution in [1.82, 2.24) is 15.3 Å². The Kier molecular flexibility index (Phi) is 5.40. The average molecular weight is 352 g/mol. The van der Waals surface area contributed by atoms with Crippen LogP contribution in [0.1, 0.15) is 20.8 Å². The van der Waals surface area contributed by atoms with Crippen molar-refractivity contribution in [3.05, 3.63) is 65.3 Å². The van der Waals surface area contributed by atoms with E-state index >= 15 is 0 Å². The molecule has 25 heavy (non-hydrogen) atoms. The molecule has 2 aromatic heterocycles. The van der Waals surface area contributed by atoms with Crippen molar-refractivity contribution in [3.8, 4) is 0 Å². The maximum Gasteiger partial charge on any atom is 0.261 e. The second-order valence-corrected chi connectivity index (χ2v) is 6.62. The van der Waals surface area contributed by atoms with Gasteiger partial charge in [0.1, 0.15) is 17.0 Å². The molecule has 2 N–H and O–H groups in total. The molecule has 0 aliphatic carbocycles. The highest BCUT2D eigenvalue weighted by Crippen LogP contribution is 2.33. The van der Waals surface area contributed by atoms with Gasteiger partial charge in [0.25, 0.3) is 5.91 Å². The standard InChI is InChI=1S/C19H20N4OS/c1-3-10-21-18(24)16-13(2)15-17(22-12-23-19(15)25-16)20-11-9-14-7-5-4-6-8-14/h3-8,12H,1,9-11H2,2H3,(H,21,24)(H,20,22,23). The lowest BCUT2D eigenvalue weighted by atomic mass is 10.1. The van der Waals surface area contributed by atoms with Gasteiger partial charge in [0, 0.05) is 13.1 Å². The number of hydrogen-bond donors (Lipinski definition) is 2. The quantitative estimate of drug-likeness (QED) is 0.638. The fourth-order valence-electron chi connectivity index (χ4n) is 2.64. The van der Waals surface area contributed by atoms with Gasteiger partial charge in [-0.25, -0.2) is 9.97 Å². The Morgan fingerprint density at radius 2 is 2.08 bits per heavy atom. The third-order valence-corrected chi connectivity index (χ3v) is 5.09. The summed E-state index contributed by atoms with van der Waals surface area (Å²) in [5, 5.41) is 7.12. The molecule has 0 bridgehead atoms. The number of hydrogen-bond acceptors (Lipinski definition) is 5. The van der Waals surface area contributed by atoms with Gasteiger partial charge in [-0.3, -0.25) is 4.79 Å². The normalized spacial score (nSPS) is 10.6. The number of carbonyl (C=O) groups is 1. The van der Waals surface area contributed by atoms with Crippen molar-refractivity contribution in [2.75, 3.05) is 18.4 Å². The van der Waals surface area contributed by atoms with Crippen LogP contribution in [0.5, 0.6) is 0 Å². The minimum absolute atomic E-state index is 0.101. The number of nitrogens with one attached hydrogen (secondary N) is 2. The summed E-state index contributed by atoms with van der Waals surface area (Å²) in [6.45, 7) is 6.77. The van der Waals surface area contributed by atoms with Crippen LogP contribution in [0.4, 0.5) is 5.82 Å². The van der Waals surface area contributed by atoms with Gasteiger partial charge in [0.05, 0.1) is 10.3 Å². The number of nitrogens with zero attached hydrogens (tertiary/aromatic N) is 2. The predicted octanol–water partition coefficient (Wildman–Crippen LogP) is 3.57. The lowest BCUT2D eigenvalue weighted by Crippen LogP contribution is -2.22. The number of rotatable bonds is 7. The molecule has 0 unspecified atom stereocenters. The maximum absolute atomic E-state index is 12.3. The third kappa shape index (κ3) is 3.85. The monoisotopic (exact) mass is 352 g/mol. The van der Waals surface area contributed by atoms with Gasteiger partial charge in [-0.2, -0.15) is 0 Å². The second-order valence-electron chi connectivity index (χ2n) is 5.62. The largest absolute Gasteiger partial charge is 0.369 e. The number of anilines is 1. The zero-order valence-electron chi connectivity index (χ0n) is 14.1. The van der Waals surface area contributed by atoms with Crippen LogP contribution in [0.15, 0.2) is 49.3 Å². The summed E-state index contributed by atoms with van der Waals surface area (Å²) in [4.78, 5) is 22.5. The SMILES string of the molecule is C=CCNC(=O)c1sc2ncnc(NCCc3ccccc3)c2c1C. The fraction of sp³-hybridized carbons (Fsp3) is 0.211. The van der Waals surface area contributed by atoms with Crippen LogP contribution in [-0.4, -0.2) is 29.0 Å². The molecule has 3 aromatic rings. The van der Waals surface area contributed by atoms with E-state index in [1.165, 1.54) is 23.2 Å². The lowest BCUT2D eigenvalue weighted by molar-refractivity contribution is 0.0961. The van der Waals surface area contributed by atoms with Gasteiger partial charge in [-0.05, 0) is 24.5 Å². The molecule has 0 spiro atoms. The summed E-state index contributed by atoms with van der Waals surface area (Å²) >= 11 is 1.39.